The van der Waals surface area contributed by atoms with Crippen LogP contribution in [-0.4, -0.2) is 22.8 Å². The molecule has 7 heteroatoms. The van der Waals surface area contributed by atoms with Crippen molar-refractivity contribution in [2.45, 2.75) is 13.2 Å². The second-order valence-electron chi connectivity index (χ2n) is 6.26. The Morgan fingerprint density at radius 1 is 1.18 bits per heavy atom. The number of nitrogens with zero attached hydrogens (tertiary/aromatic N) is 2. The molecule has 0 aliphatic carbocycles. The van der Waals surface area contributed by atoms with Gasteiger partial charge in [-0.05, 0) is 17.7 Å². The number of aromatic nitrogens is 2. The summed E-state index contributed by atoms with van der Waals surface area (Å²) < 4.78 is 12.7. The van der Waals surface area contributed by atoms with E-state index in [1.54, 1.807) is 24.1 Å². The average molecular weight is 396 g/mol. The van der Waals surface area contributed by atoms with Crippen molar-refractivity contribution in [3.63, 3.8) is 0 Å². The van der Waals surface area contributed by atoms with Gasteiger partial charge in [-0.1, -0.05) is 48.0 Å². The van der Waals surface area contributed by atoms with Crippen LogP contribution in [0.2, 0.25) is 5.02 Å². The van der Waals surface area contributed by atoms with E-state index < -0.39 is 0 Å². The molecule has 0 aliphatic heterocycles. The number of carbonyl (C=O) groups is 1. The van der Waals surface area contributed by atoms with Crippen LogP contribution in [0.25, 0.3) is 11.0 Å². The lowest BCUT2D eigenvalue weighted by molar-refractivity contribution is 0.0991. The predicted molar refractivity (Wildman–Crippen MR) is 108 cm³/mol. The smallest absolute Gasteiger partial charge is 0.292 e. The van der Waals surface area contributed by atoms with E-state index in [2.05, 4.69) is 10.4 Å². The first-order valence-corrected chi connectivity index (χ1v) is 9.11. The van der Waals surface area contributed by atoms with Gasteiger partial charge in [0.15, 0.2) is 5.76 Å². The largest absolute Gasteiger partial charge is 0.451 e. The van der Waals surface area contributed by atoms with Crippen LogP contribution in [0.5, 0.6) is 0 Å². The van der Waals surface area contributed by atoms with E-state index >= 15 is 0 Å². The zero-order valence-electron chi connectivity index (χ0n) is 15.2. The fraction of sp³-hybridized carbons (Fsp3) is 0.143. The standard InChI is InChI=1S/C21H18ClN3O3/c1-27-13-16-15-7-3-5-9-18(15)28-20(16)21(26)24-19-10-11-23-25(19)12-14-6-2-4-8-17(14)22/h2-11H,12-13H2,1H3,(H,24,26). The number of ether oxygens (including phenoxy) is 1. The van der Waals surface area contributed by atoms with Gasteiger partial charge in [-0.3, -0.25) is 4.79 Å². The summed E-state index contributed by atoms with van der Waals surface area (Å²) in [5, 5.41) is 8.67. The van der Waals surface area contributed by atoms with E-state index in [9.17, 15) is 4.79 Å². The van der Waals surface area contributed by atoms with Crippen LogP contribution < -0.4 is 5.32 Å². The highest BCUT2D eigenvalue weighted by Gasteiger charge is 2.21. The maximum atomic E-state index is 12.9. The first-order valence-electron chi connectivity index (χ1n) is 8.73. The van der Waals surface area contributed by atoms with Gasteiger partial charge in [0.25, 0.3) is 5.91 Å². The topological polar surface area (TPSA) is 69.3 Å². The minimum atomic E-state index is -0.357. The Bertz CT molecular complexity index is 1130. The van der Waals surface area contributed by atoms with Crippen molar-refractivity contribution in [3.05, 3.63) is 82.7 Å². The number of rotatable bonds is 6. The minimum Gasteiger partial charge on any atom is -0.451 e. The van der Waals surface area contributed by atoms with Gasteiger partial charge in [-0.2, -0.15) is 5.10 Å². The van der Waals surface area contributed by atoms with Gasteiger partial charge in [0.1, 0.15) is 11.4 Å². The monoisotopic (exact) mass is 395 g/mol. The molecule has 4 aromatic rings. The highest BCUT2D eigenvalue weighted by molar-refractivity contribution is 6.31. The number of hydrogen-bond donors (Lipinski definition) is 1. The average Bonchev–Trinajstić information content (AvgIpc) is 3.29. The molecule has 1 amide bonds. The normalized spacial score (nSPS) is 11.1. The Hall–Kier alpha value is -3.09. The second kappa shape index (κ2) is 7.88. The van der Waals surface area contributed by atoms with Crippen LogP contribution in [0, 0.1) is 0 Å². The number of anilines is 1. The van der Waals surface area contributed by atoms with Gasteiger partial charge in [0, 0.05) is 29.1 Å². The minimum absolute atomic E-state index is 0.230. The fourth-order valence-corrected chi connectivity index (χ4v) is 3.29. The molecule has 2 aromatic heterocycles. The molecule has 2 heterocycles. The number of hydrogen-bond acceptors (Lipinski definition) is 4. The fourth-order valence-electron chi connectivity index (χ4n) is 3.10. The van der Waals surface area contributed by atoms with Gasteiger partial charge in [0.05, 0.1) is 19.3 Å². The summed E-state index contributed by atoms with van der Waals surface area (Å²) in [6.45, 7) is 0.714. The summed E-state index contributed by atoms with van der Waals surface area (Å²) in [5.41, 5.74) is 2.27. The molecule has 0 atom stereocenters. The summed E-state index contributed by atoms with van der Waals surface area (Å²) in [7, 11) is 1.59. The number of fused-ring (bicyclic) bond motifs is 1. The van der Waals surface area contributed by atoms with E-state index in [-0.39, 0.29) is 18.3 Å². The number of amides is 1. The van der Waals surface area contributed by atoms with Crippen LogP contribution >= 0.6 is 11.6 Å². The lowest BCUT2D eigenvalue weighted by atomic mass is 10.1. The highest BCUT2D eigenvalue weighted by Crippen LogP contribution is 2.27. The molecule has 0 unspecified atom stereocenters. The van der Waals surface area contributed by atoms with E-state index in [1.165, 1.54) is 0 Å². The van der Waals surface area contributed by atoms with Gasteiger partial charge in [-0.25, -0.2) is 4.68 Å². The van der Waals surface area contributed by atoms with E-state index in [4.69, 9.17) is 20.8 Å². The van der Waals surface area contributed by atoms with Crippen molar-refractivity contribution in [2.75, 3.05) is 12.4 Å². The molecule has 28 heavy (non-hydrogen) atoms. The summed E-state index contributed by atoms with van der Waals surface area (Å²) in [4.78, 5) is 12.9. The molecule has 0 saturated carbocycles. The van der Waals surface area contributed by atoms with Crippen LogP contribution in [0.1, 0.15) is 21.7 Å². The van der Waals surface area contributed by atoms with Crippen molar-refractivity contribution in [3.8, 4) is 0 Å². The highest BCUT2D eigenvalue weighted by atomic mass is 35.5. The molecule has 0 radical (unpaired) electrons. The maximum Gasteiger partial charge on any atom is 0.292 e. The molecule has 142 valence electrons. The molecular weight excluding hydrogens is 378 g/mol. The lowest BCUT2D eigenvalue weighted by Gasteiger charge is -2.10. The van der Waals surface area contributed by atoms with Crippen molar-refractivity contribution >= 4 is 34.3 Å². The van der Waals surface area contributed by atoms with Crippen LogP contribution in [0.4, 0.5) is 5.82 Å². The summed E-state index contributed by atoms with van der Waals surface area (Å²) >= 11 is 6.24. The van der Waals surface area contributed by atoms with Crippen LogP contribution in [0.15, 0.2) is 65.2 Å². The number of nitrogens with one attached hydrogen (secondary N) is 1. The third kappa shape index (κ3) is 3.52. The zero-order valence-corrected chi connectivity index (χ0v) is 15.9. The molecular formula is C21H18ClN3O3. The zero-order chi connectivity index (χ0) is 19.5. The number of carbonyl (C=O) groups excluding carboxylic acids is 1. The summed E-state index contributed by atoms with van der Waals surface area (Å²) in [6.07, 6.45) is 1.63. The second-order valence-corrected chi connectivity index (χ2v) is 6.67. The number of benzene rings is 2. The molecule has 0 fully saturated rings. The Kier molecular flexibility index (Phi) is 5.14. The quantitative estimate of drug-likeness (QED) is 0.512. The Morgan fingerprint density at radius 3 is 2.79 bits per heavy atom. The molecule has 4 rings (SSSR count). The maximum absolute atomic E-state index is 12.9. The van der Waals surface area contributed by atoms with Gasteiger partial charge in [0.2, 0.25) is 0 Å². The predicted octanol–water partition coefficient (Wildman–Crippen LogP) is 4.73. The molecule has 2 aromatic carbocycles. The van der Waals surface area contributed by atoms with E-state index in [0.29, 0.717) is 28.5 Å². The SMILES string of the molecule is COCc1c(C(=O)Nc2ccnn2Cc2ccccc2Cl)oc2ccccc12. The molecule has 1 N–H and O–H groups in total. The number of furan rings is 1. The summed E-state index contributed by atoms with van der Waals surface area (Å²) in [6, 6.07) is 16.8. The van der Waals surface area contributed by atoms with Crippen molar-refractivity contribution < 1.29 is 13.9 Å². The number of para-hydroxylation sites is 1. The molecule has 6 nitrogen and oxygen atoms in total. The first kappa shape index (κ1) is 18.3. The van der Waals surface area contributed by atoms with Crippen molar-refractivity contribution in [1.82, 2.24) is 9.78 Å². The third-order valence-electron chi connectivity index (χ3n) is 4.43. The Labute approximate surface area is 166 Å². The van der Waals surface area contributed by atoms with E-state index in [0.717, 1.165) is 10.9 Å². The van der Waals surface area contributed by atoms with Gasteiger partial charge in [-0.15, -0.1) is 0 Å². The van der Waals surface area contributed by atoms with Gasteiger partial charge < -0.3 is 14.5 Å². The lowest BCUT2D eigenvalue weighted by Crippen LogP contribution is -2.17. The van der Waals surface area contributed by atoms with E-state index in [1.807, 2.05) is 48.5 Å². The number of methoxy groups -OCH3 is 1. The van der Waals surface area contributed by atoms with Gasteiger partial charge >= 0.3 is 0 Å². The van der Waals surface area contributed by atoms with Crippen molar-refractivity contribution in [2.24, 2.45) is 0 Å². The van der Waals surface area contributed by atoms with Crippen LogP contribution in [-0.2, 0) is 17.9 Å². The summed E-state index contributed by atoms with van der Waals surface area (Å²) in [5.74, 6) is 0.423. The third-order valence-corrected chi connectivity index (χ3v) is 4.80. The first-order chi connectivity index (χ1) is 13.7. The Morgan fingerprint density at radius 2 is 1.96 bits per heavy atom. The van der Waals surface area contributed by atoms with Crippen molar-refractivity contribution in [1.29, 1.82) is 0 Å². The Balaban J connectivity index is 1.62. The molecule has 0 bridgehead atoms. The molecule has 0 saturated heterocycles. The molecule has 0 aliphatic rings. The van der Waals surface area contributed by atoms with Crippen LogP contribution in [0.3, 0.4) is 0 Å². The molecule has 0 spiro atoms. The number of halogens is 1.